The Morgan fingerprint density at radius 1 is 1.39 bits per heavy atom. The van der Waals surface area contributed by atoms with Crippen molar-refractivity contribution in [3.05, 3.63) is 42.0 Å². The largest absolute Gasteiger partial charge is 0.480 e. The summed E-state index contributed by atoms with van der Waals surface area (Å²) in [5.74, 6) is -1.59. The average molecular weight is 317 g/mol. The normalized spacial score (nSPS) is 11.9. The summed E-state index contributed by atoms with van der Waals surface area (Å²) in [5.41, 5.74) is 0.874. The molecule has 2 rings (SSSR count). The van der Waals surface area contributed by atoms with Crippen molar-refractivity contribution in [2.24, 2.45) is 0 Å². The Bertz CT molecular complexity index is 656. The van der Waals surface area contributed by atoms with E-state index in [1.807, 2.05) is 25.1 Å². The molecule has 2 aromatic heterocycles. The summed E-state index contributed by atoms with van der Waals surface area (Å²) in [6.45, 7) is 2.35. The molecule has 1 atom stereocenters. The first-order valence-corrected chi connectivity index (χ1v) is 7.44. The molecule has 0 radical (unpaired) electrons. The van der Waals surface area contributed by atoms with Crippen LogP contribution < -0.4 is 5.32 Å². The Labute approximate surface area is 133 Å². The van der Waals surface area contributed by atoms with Gasteiger partial charge in [0.2, 0.25) is 0 Å². The molecule has 0 aliphatic rings. The number of hydrogen-bond acceptors (Lipinski definition) is 5. The maximum Gasteiger partial charge on any atom is 0.326 e. The molecule has 0 fully saturated rings. The van der Waals surface area contributed by atoms with Crippen molar-refractivity contribution in [2.75, 3.05) is 0 Å². The van der Waals surface area contributed by atoms with Crippen LogP contribution in [-0.4, -0.2) is 43.0 Å². The lowest BCUT2D eigenvalue weighted by Crippen LogP contribution is -2.40. The fourth-order valence-electron chi connectivity index (χ4n) is 2.04. The molecule has 0 spiro atoms. The summed E-state index contributed by atoms with van der Waals surface area (Å²) in [4.78, 5) is 27.4. The molecule has 2 heterocycles. The highest BCUT2D eigenvalue weighted by atomic mass is 16.4. The standard InChI is InChI=1S/C15H19N5O3/c1-2-3-7-12(15(22)23)17-14(21)13-10-20(19-18-13)9-11-6-4-5-8-16-11/h4-6,8,10,12H,2-3,7,9H2,1H3,(H,17,21)(H,22,23)/t12-/m0/s1. The van der Waals surface area contributed by atoms with Crippen molar-refractivity contribution in [1.82, 2.24) is 25.3 Å². The minimum atomic E-state index is -1.05. The Morgan fingerprint density at radius 3 is 2.87 bits per heavy atom. The van der Waals surface area contributed by atoms with Gasteiger partial charge in [0.15, 0.2) is 5.69 Å². The number of carbonyl (C=O) groups is 2. The average Bonchev–Trinajstić information content (AvgIpc) is 3.00. The van der Waals surface area contributed by atoms with Gasteiger partial charge in [0, 0.05) is 6.20 Å². The number of carbonyl (C=O) groups excluding carboxylic acids is 1. The van der Waals surface area contributed by atoms with Crippen molar-refractivity contribution < 1.29 is 14.7 Å². The summed E-state index contributed by atoms with van der Waals surface area (Å²) in [6.07, 6.45) is 5.12. The van der Waals surface area contributed by atoms with Crippen molar-refractivity contribution in [1.29, 1.82) is 0 Å². The molecule has 0 aliphatic heterocycles. The second-order valence-corrected chi connectivity index (χ2v) is 5.13. The van der Waals surface area contributed by atoms with Crippen molar-refractivity contribution in [3.8, 4) is 0 Å². The van der Waals surface area contributed by atoms with Gasteiger partial charge in [-0.1, -0.05) is 31.0 Å². The van der Waals surface area contributed by atoms with E-state index in [4.69, 9.17) is 5.11 Å². The van der Waals surface area contributed by atoms with Crippen LogP contribution in [0.5, 0.6) is 0 Å². The molecule has 0 aromatic carbocycles. The van der Waals surface area contributed by atoms with Gasteiger partial charge in [0.25, 0.3) is 5.91 Å². The zero-order chi connectivity index (χ0) is 16.7. The van der Waals surface area contributed by atoms with Crippen LogP contribution in [-0.2, 0) is 11.3 Å². The molecule has 0 unspecified atom stereocenters. The van der Waals surface area contributed by atoms with Crippen LogP contribution in [0.4, 0.5) is 0 Å². The number of amides is 1. The smallest absolute Gasteiger partial charge is 0.326 e. The van der Waals surface area contributed by atoms with Crippen LogP contribution in [0.15, 0.2) is 30.6 Å². The predicted molar refractivity (Wildman–Crippen MR) is 81.8 cm³/mol. The van der Waals surface area contributed by atoms with Gasteiger partial charge >= 0.3 is 5.97 Å². The van der Waals surface area contributed by atoms with Gasteiger partial charge in [0.05, 0.1) is 18.4 Å². The van der Waals surface area contributed by atoms with E-state index in [9.17, 15) is 9.59 Å². The molecule has 0 saturated heterocycles. The van der Waals surface area contributed by atoms with Crippen molar-refractivity contribution >= 4 is 11.9 Å². The molecule has 8 nitrogen and oxygen atoms in total. The molecule has 1 amide bonds. The number of hydrogen-bond donors (Lipinski definition) is 2. The predicted octanol–water partition coefficient (Wildman–Crippen LogP) is 1.09. The third-order valence-electron chi connectivity index (χ3n) is 3.27. The van der Waals surface area contributed by atoms with Gasteiger partial charge in [-0.15, -0.1) is 5.10 Å². The zero-order valence-electron chi connectivity index (χ0n) is 12.8. The van der Waals surface area contributed by atoms with Crippen LogP contribution in [0.25, 0.3) is 0 Å². The highest BCUT2D eigenvalue weighted by molar-refractivity contribution is 5.94. The number of nitrogens with one attached hydrogen (secondary N) is 1. The van der Waals surface area contributed by atoms with E-state index in [1.54, 1.807) is 6.20 Å². The topological polar surface area (TPSA) is 110 Å². The van der Waals surface area contributed by atoms with Gasteiger partial charge in [-0.25, -0.2) is 9.48 Å². The molecule has 2 N–H and O–H groups in total. The van der Waals surface area contributed by atoms with E-state index in [1.165, 1.54) is 10.9 Å². The Kier molecular flexibility index (Phi) is 5.79. The molecular formula is C15H19N5O3. The van der Waals surface area contributed by atoms with Crippen molar-refractivity contribution in [2.45, 2.75) is 38.8 Å². The van der Waals surface area contributed by atoms with E-state index >= 15 is 0 Å². The second kappa shape index (κ2) is 8.02. The van der Waals surface area contributed by atoms with Crippen LogP contribution in [0, 0.1) is 0 Å². The highest BCUT2D eigenvalue weighted by Gasteiger charge is 2.21. The van der Waals surface area contributed by atoms with Crippen LogP contribution in [0.3, 0.4) is 0 Å². The Balaban J connectivity index is 1.98. The number of carboxylic acid groups (broad SMARTS) is 1. The van der Waals surface area contributed by atoms with Gasteiger partial charge in [-0.3, -0.25) is 9.78 Å². The lowest BCUT2D eigenvalue weighted by atomic mass is 10.1. The molecule has 122 valence electrons. The number of aliphatic carboxylic acids is 1. The monoisotopic (exact) mass is 317 g/mol. The number of unbranched alkanes of at least 4 members (excludes halogenated alkanes) is 1. The molecule has 23 heavy (non-hydrogen) atoms. The fourth-order valence-corrected chi connectivity index (χ4v) is 2.04. The quantitative estimate of drug-likeness (QED) is 0.754. The first-order valence-electron chi connectivity index (χ1n) is 7.44. The molecule has 0 saturated carbocycles. The maximum atomic E-state index is 12.1. The van der Waals surface area contributed by atoms with Gasteiger partial charge in [-0.05, 0) is 18.6 Å². The Morgan fingerprint density at radius 2 is 2.22 bits per heavy atom. The molecule has 0 aliphatic carbocycles. The minimum absolute atomic E-state index is 0.0867. The summed E-state index contributed by atoms with van der Waals surface area (Å²) in [7, 11) is 0. The lowest BCUT2D eigenvalue weighted by molar-refractivity contribution is -0.139. The Hall–Kier alpha value is -2.77. The van der Waals surface area contributed by atoms with Crippen LogP contribution in [0.1, 0.15) is 42.4 Å². The summed E-state index contributed by atoms with van der Waals surface area (Å²) in [5, 5.41) is 19.3. The van der Waals surface area contributed by atoms with Crippen molar-refractivity contribution in [3.63, 3.8) is 0 Å². The van der Waals surface area contributed by atoms with E-state index < -0.39 is 17.9 Å². The summed E-state index contributed by atoms with van der Waals surface area (Å²) >= 11 is 0. The fraction of sp³-hybridized carbons (Fsp3) is 0.400. The third-order valence-corrected chi connectivity index (χ3v) is 3.27. The molecule has 8 heteroatoms. The van der Waals surface area contributed by atoms with E-state index in [0.29, 0.717) is 13.0 Å². The number of aromatic nitrogens is 4. The van der Waals surface area contributed by atoms with Gasteiger partial charge in [0.1, 0.15) is 6.04 Å². The van der Waals surface area contributed by atoms with Gasteiger partial charge < -0.3 is 10.4 Å². The first kappa shape index (κ1) is 16.6. The SMILES string of the molecule is CCCC[C@H](NC(=O)c1cn(Cc2ccccn2)nn1)C(=O)O. The van der Waals surface area contributed by atoms with E-state index in [2.05, 4.69) is 20.6 Å². The maximum absolute atomic E-state index is 12.1. The number of carboxylic acids is 1. The minimum Gasteiger partial charge on any atom is -0.480 e. The van der Waals surface area contributed by atoms with Crippen LogP contribution >= 0.6 is 0 Å². The summed E-state index contributed by atoms with van der Waals surface area (Å²) in [6, 6.07) is 4.60. The summed E-state index contributed by atoms with van der Waals surface area (Å²) < 4.78 is 1.49. The van der Waals surface area contributed by atoms with Gasteiger partial charge in [-0.2, -0.15) is 0 Å². The number of pyridine rings is 1. The molecular weight excluding hydrogens is 298 g/mol. The zero-order valence-corrected chi connectivity index (χ0v) is 12.8. The third kappa shape index (κ3) is 4.87. The molecule has 0 bridgehead atoms. The second-order valence-electron chi connectivity index (χ2n) is 5.13. The lowest BCUT2D eigenvalue weighted by Gasteiger charge is -2.12. The highest BCUT2D eigenvalue weighted by Crippen LogP contribution is 2.04. The first-order chi connectivity index (χ1) is 11.1. The number of nitrogens with zero attached hydrogens (tertiary/aromatic N) is 4. The van der Waals surface area contributed by atoms with Crippen LogP contribution in [0.2, 0.25) is 0 Å². The molecule has 2 aromatic rings. The van der Waals surface area contributed by atoms with E-state index in [0.717, 1.165) is 18.5 Å². The number of rotatable bonds is 8. The van der Waals surface area contributed by atoms with E-state index in [-0.39, 0.29) is 5.69 Å².